The highest BCUT2D eigenvalue weighted by Crippen LogP contribution is 2.29. The monoisotopic (exact) mass is 388 g/mol. The highest BCUT2D eigenvalue weighted by Gasteiger charge is 2.24. The SMILES string of the molecule is Cl.O=S(=O)(NC1CCCNC1)c1cccc(Cl)c1Br. The number of hydrogen-bond donors (Lipinski definition) is 2. The van der Waals surface area contributed by atoms with Gasteiger partial charge in [0.05, 0.1) is 14.4 Å². The van der Waals surface area contributed by atoms with Crippen LogP contribution < -0.4 is 10.0 Å². The highest BCUT2D eigenvalue weighted by atomic mass is 79.9. The Morgan fingerprint density at radius 1 is 1.42 bits per heavy atom. The van der Waals surface area contributed by atoms with E-state index in [1.807, 2.05) is 0 Å². The lowest BCUT2D eigenvalue weighted by Crippen LogP contribution is -2.45. The Kier molecular flexibility index (Phi) is 6.56. The van der Waals surface area contributed by atoms with E-state index >= 15 is 0 Å². The van der Waals surface area contributed by atoms with Crippen molar-refractivity contribution in [2.24, 2.45) is 0 Å². The zero-order chi connectivity index (χ0) is 13.2. The molecule has 0 bridgehead atoms. The number of hydrogen-bond acceptors (Lipinski definition) is 3. The van der Waals surface area contributed by atoms with Crippen molar-refractivity contribution in [3.63, 3.8) is 0 Å². The predicted octanol–water partition coefficient (Wildman–Crippen LogP) is 2.55. The summed E-state index contributed by atoms with van der Waals surface area (Å²) in [6.07, 6.45) is 1.83. The second-order valence-electron chi connectivity index (χ2n) is 4.22. The maximum Gasteiger partial charge on any atom is 0.242 e. The van der Waals surface area contributed by atoms with Crippen LogP contribution in [0.5, 0.6) is 0 Å². The first kappa shape index (κ1) is 17.2. The Labute approximate surface area is 132 Å². The molecule has 1 saturated heterocycles. The van der Waals surface area contributed by atoms with Crippen LogP contribution in [0.1, 0.15) is 12.8 Å². The molecule has 1 aromatic rings. The fraction of sp³-hybridized carbons (Fsp3) is 0.455. The second kappa shape index (κ2) is 7.24. The molecule has 0 radical (unpaired) electrons. The van der Waals surface area contributed by atoms with Crippen LogP contribution >= 0.6 is 39.9 Å². The van der Waals surface area contributed by atoms with E-state index in [0.29, 0.717) is 16.0 Å². The minimum absolute atomic E-state index is 0. The molecule has 1 aliphatic rings. The van der Waals surface area contributed by atoms with Gasteiger partial charge in [-0.25, -0.2) is 13.1 Å². The van der Waals surface area contributed by atoms with Gasteiger partial charge < -0.3 is 5.32 Å². The van der Waals surface area contributed by atoms with E-state index in [2.05, 4.69) is 26.0 Å². The topological polar surface area (TPSA) is 58.2 Å². The van der Waals surface area contributed by atoms with Crippen LogP contribution in [0.3, 0.4) is 0 Å². The van der Waals surface area contributed by atoms with Gasteiger partial charge in [-0.15, -0.1) is 12.4 Å². The molecule has 0 aliphatic carbocycles. The summed E-state index contributed by atoms with van der Waals surface area (Å²) < 4.78 is 27.6. The van der Waals surface area contributed by atoms with Gasteiger partial charge in [0.25, 0.3) is 0 Å². The summed E-state index contributed by atoms with van der Waals surface area (Å²) in [6.45, 7) is 1.61. The maximum atomic E-state index is 12.2. The van der Waals surface area contributed by atoms with Gasteiger partial charge in [0, 0.05) is 12.6 Å². The van der Waals surface area contributed by atoms with Crippen molar-refractivity contribution in [3.8, 4) is 0 Å². The Bertz CT molecular complexity index is 533. The molecule has 1 heterocycles. The third-order valence-corrected chi connectivity index (χ3v) is 6.05. The van der Waals surface area contributed by atoms with Gasteiger partial charge in [-0.3, -0.25) is 0 Å². The van der Waals surface area contributed by atoms with Gasteiger partial charge in [-0.1, -0.05) is 17.7 Å². The lowest BCUT2D eigenvalue weighted by Gasteiger charge is -2.23. The average Bonchev–Trinajstić information content (AvgIpc) is 2.33. The number of benzene rings is 1. The highest BCUT2D eigenvalue weighted by molar-refractivity contribution is 9.10. The first-order chi connectivity index (χ1) is 8.50. The van der Waals surface area contributed by atoms with Gasteiger partial charge in [-0.05, 0) is 47.4 Å². The molecule has 1 atom stereocenters. The van der Waals surface area contributed by atoms with Crippen LogP contribution in [0.4, 0.5) is 0 Å². The minimum Gasteiger partial charge on any atom is -0.315 e. The van der Waals surface area contributed by atoms with E-state index < -0.39 is 10.0 Å². The number of sulfonamides is 1. The zero-order valence-electron chi connectivity index (χ0n) is 10.0. The number of nitrogens with one attached hydrogen (secondary N) is 2. The summed E-state index contributed by atoms with van der Waals surface area (Å²) in [6, 6.07) is 4.75. The molecule has 2 N–H and O–H groups in total. The van der Waals surface area contributed by atoms with Crippen LogP contribution in [-0.4, -0.2) is 27.5 Å². The van der Waals surface area contributed by atoms with Crippen LogP contribution in [-0.2, 0) is 10.0 Å². The van der Waals surface area contributed by atoms with E-state index in [9.17, 15) is 8.42 Å². The summed E-state index contributed by atoms with van der Waals surface area (Å²) in [5.74, 6) is 0. The zero-order valence-corrected chi connectivity index (χ0v) is 14.0. The summed E-state index contributed by atoms with van der Waals surface area (Å²) in [7, 11) is -3.53. The van der Waals surface area contributed by atoms with Gasteiger partial charge in [0.2, 0.25) is 10.0 Å². The third-order valence-electron chi connectivity index (χ3n) is 2.82. The summed E-state index contributed by atoms with van der Waals surface area (Å²) in [4.78, 5) is 0.181. The lowest BCUT2D eigenvalue weighted by atomic mass is 10.1. The predicted molar refractivity (Wildman–Crippen MR) is 82.6 cm³/mol. The molecule has 4 nitrogen and oxygen atoms in total. The second-order valence-corrected chi connectivity index (χ2v) is 7.10. The molecule has 8 heteroatoms. The van der Waals surface area contributed by atoms with Gasteiger partial charge in [-0.2, -0.15) is 0 Å². The Morgan fingerprint density at radius 2 is 2.16 bits per heavy atom. The first-order valence-electron chi connectivity index (χ1n) is 5.68. The molecule has 1 aromatic carbocycles. The van der Waals surface area contributed by atoms with Crippen molar-refractivity contribution in [2.75, 3.05) is 13.1 Å². The number of halogens is 3. The van der Waals surface area contributed by atoms with Crippen LogP contribution in [0.15, 0.2) is 27.6 Å². The fourth-order valence-corrected chi connectivity index (χ4v) is 4.43. The standard InChI is InChI=1S/C11H14BrClN2O2S.ClH/c12-11-9(13)4-1-5-10(11)18(16,17)15-8-3-2-6-14-7-8;/h1,4-5,8,14-15H,2-3,6-7H2;1H. The van der Waals surface area contributed by atoms with Crippen LogP contribution in [0.25, 0.3) is 0 Å². The number of piperidine rings is 1. The Hall–Kier alpha value is 0.150. The van der Waals surface area contributed by atoms with Crippen molar-refractivity contribution in [3.05, 3.63) is 27.7 Å². The summed E-state index contributed by atoms with van der Waals surface area (Å²) in [5, 5.41) is 3.56. The molecule has 1 aliphatic heterocycles. The smallest absolute Gasteiger partial charge is 0.242 e. The van der Waals surface area contributed by atoms with E-state index in [1.54, 1.807) is 12.1 Å². The summed E-state index contributed by atoms with van der Waals surface area (Å²) in [5.41, 5.74) is 0. The fourth-order valence-electron chi connectivity index (χ4n) is 1.93. The summed E-state index contributed by atoms with van der Waals surface area (Å²) >= 11 is 9.13. The molecule has 0 spiro atoms. The van der Waals surface area contributed by atoms with Crippen molar-refractivity contribution in [1.82, 2.24) is 10.0 Å². The van der Waals surface area contributed by atoms with E-state index in [4.69, 9.17) is 11.6 Å². The molecule has 2 rings (SSSR count). The first-order valence-corrected chi connectivity index (χ1v) is 8.33. The van der Waals surface area contributed by atoms with Crippen LogP contribution in [0, 0.1) is 0 Å². The molecule has 1 unspecified atom stereocenters. The van der Waals surface area contributed by atoms with Crippen molar-refractivity contribution in [2.45, 2.75) is 23.8 Å². The third kappa shape index (κ3) is 4.31. The van der Waals surface area contributed by atoms with Crippen molar-refractivity contribution in [1.29, 1.82) is 0 Å². The van der Waals surface area contributed by atoms with E-state index in [-0.39, 0.29) is 23.3 Å². The normalized spacial score (nSPS) is 19.8. The largest absolute Gasteiger partial charge is 0.315 e. The molecule has 108 valence electrons. The average molecular weight is 390 g/mol. The molecule has 19 heavy (non-hydrogen) atoms. The maximum absolute atomic E-state index is 12.2. The molecule has 0 saturated carbocycles. The van der Waals surface area contributed by atoms with Crippen molar-refractivity contribution < 1.29 is 8.42 Å². The minimum atomic E-state index is -3.53. The molecular formula is C11H15BrCl2N2O2S. The molecule has 0 amide bonds. The molecule has 1 fully saturated rings. The van der Waals surface area contributed by atoms with Crippen LogP contribution in [0.2, 0.25) is 5.02 Å². The Balaban J connectivity index is 0.00000180. The van der Waals surface area contributed by atoms with Gasteiger partial charge in [0.15, 0.2) is 0 Å². The van der Waals surface area contributed by atoms with Gasteiger partial charge in [0.1, 0.15) is 0 Å². The van der Waals surface area contributed by atoms with E-state index in [0.717, 1.165) is 19.4 Å². The lowest BCUT2D eigenvalue weighted by molar-refractivity contribution is 0.428. The van der Waals surface area contributed by atoms with E-state index in [1.165, 1.54) is 6.07 Å². The quantitative estimate of drug-likeness (QED) is 0.835. The molecular weight excluding hydrogens is 375 g/mol. The number of rotatable bonds is 3. The van der Waals surface area contributed by atoms with Crippen molar-refractivity contribution >= 4 is 50.0 Å². The molecule has 0 aromatic heterocycles. The Morgan fingerprint density at radius 3 is 2.79 bits per heavy atom. The van der Waals surface area contributed by atoms with Gasteiger partial charge >= 0.3 is 0 Å².